The molecular weight excluding hydrogens is 154 g/mol. The first kappa shape index (κ1) is 9.32. The molecule has 1 rings (SSSR count). The van der Waals surface area contributed by atoms with Gasteiger partial charge in [0.1, 0.15) is 0 Å². The Hall–Kier alpha value is -0.770. The van der Waals surface area contributed by atoms with Crippen molar-refractivity contribution in [2.45, 2.75) is 13.0 Å². The number of carbonyl (C=O) groups is 1. The largest absolute Gasteiger partial charge is 0.341 e. The molecule has 0 aromatic carbocycles. The van der Waals surface area contributed by atoms with Crippen LogP contribution in [0.1, 0.15) is 6.92 Å². The van der Waals surface area contributed by atoms with E-state index in [2.05, 4.69) is 24.2 Å². The minimum Gasteiger partial charge on any atom is -0.341 e. The predicted octanol–water partition coefficient (Wildman–Crippen LogP) is -0.0383. The molecule has 4 heteroatoms. The van der Waals surface area contributed by atoms with E-state index in [1.54, 1.807) is 7.05 Å². The Labute approximate surface area is 73.5 Å². The molecule has 1 fully saturated rings. The number of urea groups is 1. The first-order valence-electron chi connectivity index (χ1n) is 4.32. The molecule has 0 spiro atoms. The molecule has 12 heavy (non-hydrogen) atoms. The predicted molar refractivity (Wildman–Crippen MR) is 48.1 cm³/mol. The van der Waals surface area contributed by atoms with Gasteiger partial charge in [-0.15, -0.1) is 0 Å². The van der Waals surface area contributed by atoms with Gasteiger partial charge in [-0.2, -0.15) is 0 Å². The molecule has 0 aromatic rings. The van der Waals surface area contributed by atoms with Crippen LogP contribution < -0.4 is 5.32 Å². The van der Waals surface area contributed by atoms with Gasteiger partial charge in [-0.05, 0) is 14.0 Å². The summed E-state index contributed by atoms with van der Waals surface area (Å²) in [6, 6.07) is 0.360. The van der Waals surface area contributed by atoms with E-state index >= 15 is 0 Å². The van der Waals surface area contributed by atoms with Crippen molar-refractivity contribution in [3.63, 3.8) is 0 Å². The number of rotatable bonds is 0. The molecule has 2 amide bonds. The first-order valence-corrected chi connectivity index (χ1v) is 4.32. The van der Waals surface area contributed by atoms with Crippen LogP contribution in [0.25, 0.3) is 0 Å². The number of nitrogens with zero attached hydrogens (tertiary/aromatic N) is 2. The zero-order valence-corrected chi connectivity index (χ0v) is 8.00. The Bertz CT molecular complexity index is 172. The summed E-state index contributed by atoms with van der Waals surface area (Å²) in [6.07, 6.45) is 0. The standard InChI is InChI=1S/C8H17N3O/c1-7-6-10(3)4-5-11(7)8(12)9-2/h7H,4-6H2,1-3H3,(H,9,12). The molecule has 70 valence electrons. The van der Waals surface area contributed by atoms with Crippen molar-refractivity contribution in [3.05, 3.63) is 0 Å². The first-order chi connectivity index (χ1) is 5.65. The highest BCUT2D eigenvalue weighted by atomic mass is 16.2. The summed E-state index contributed by atoms with van der Waals surface area (Å²) in [5.41, 5.74) is 0. The molecule has 1 atom stereocenters. The number of likely N-dealkylation sites (N-methyl/N-ethyl adjacent to an activating group) is 1. The van der Waals surface area contributed by atoms with Crippen molar-refractivity contribution >= 4 is 6.03 Å². The van der Waals surface area contributed by atoms with Crippen molar-refractivity contribution in [1.82, 2.24) is 15.1 Å². The SMILES string of the molecule is CNC(=O)N1CCN(C)CC1C. The minimum atomic E-state index is 0.0376. The third-order valence-corrected chi connectivity index (χ3v) is 2.31. The van der Waals surface area contributed by atoms with Crippen LogP contribution in [0.4, 0.5) is 4.79 Å². The summed E-state index contributed by atoms with van der Waals surface area (Å²) in [4.78, 5) is 15.4. The van der Waals surface area contributed by atoms with Gasteiger partial charge < -0.3 is 15.1 Å². The Morgan fingerprint density at radius 2 is 2.17 bits per heavy atom. The topological polar surface area (TPSA) is 35.6 Å². The minimum absolute atomic E-state index is 0.0376. The van der Waals surface area contributed by atoms with Gasteiger partial charge in [0, 0.05) is 32.7 Å². The average molecular weight is 171 g/mol. The summed E-state index contributed by atoms with van der Waals surface area (Å²) in [5.74, 6) is 0. The lowest BCUT2D eigenvalue weighted by atomic mass is 10.2. The molecule has 4 nitrogen and oxygen atoms in total. The summed E-state index contributed by atoms with van der Waals surface area (Å²) in [7, 11) is 3.76. The van der Waals surface area contributed by atoms with Crippen LogP contribution in [0, 0.1) is 0 Å². The molecule has 0 saturated carbocycles. The van der Waals surface area contributed by atoms with Gasteiger partial charge in [0.15, 0.2) is 0 Å². The van der Waals surface area contributed by atoms with Crippen LogP contribution in [0.3, 0.4) is 0 Å². The molecule has 1 N–H and O–H groups in total. The zero-order chi connectivity index (χ0) is 9.14. The average Bonchev–Trinajstić information content (AvgIpc) is 2.03. The maximum Gasteiger partial charge on any atom is 0.317 e. The smallest absolute Gasteiger partial charge is 0.317 e. The Morgan fingerprint density at radius 3 is 2.67 bits per heavy atom. The highest BCUT2D eigenvalue weighted by molar-refractivity contribution is 5.74. The molecule has 1 saturated heterocycles. The highest BCUT2D eigenvalue weighted by Gasteiger charge is 2.24. The van der Waals surface area contributed by atoms with E-state index in [1.165, 1.54) is 0 Å². The van der Waals surface area contributed by atoms with Crippen molar-refractivity contribution in [3.8, 4) is 0 Å². The van der Waals surface area contributed by atoms with E-state index in [1.807, 2.05) is 4.90 Å². The Balaban J connectivity index is 2.50. The number of piperazine rings is 1. The van der Waals surface area contributed by atoms with Crippen LogP contribution in [-0.2, 0) is 0 Å². The van der Waals surface area contributed by atoms with Crippen LogP contribution in [-0.4, -0.2) is 55.6 Å². The third kappa shape index (κ3) is 1.88. The van der Waals surface area contributed by atoms with Crippen molar-refractivity contribution in [1.29, 1.82) is 0 Å². The van der Waals surface area contributed by atoms with Gasteiger partial charge in [0.2, 0.25) is 0 Å². The number of nitrogens with one attached hydrogen (secondary N) is 1. The fourth-order valence-electron chi connectivity index (χ4n) is 1.59. The zero-order valence-electron chi connectivity index (χ0n) is 8.00. The lowest BCUT2D eigenvalue weighted by molar-refractivity contribution is 0.118. The van der Waals surface area contributed by atoms with Crippen LogP contribution in [0.15, 0.2) is 0 Å². The van der Waals surface area contributed by atoms with E-state index < -0.39 is 0 Å². The Morgan fingerprint density at radius 1 is 1.50 bits per heavy atom. The second kappa shape index (κ2) is 3.76. The maximum absolute atomic E-state index is 11.3. The lowest BCUT2D eigenvalue weighted by Crippen LogP contribution is -2.54. The monoisotopic (exact) mass is 171 g/mol. The summed E-state index contributed by atoms with van der Waals surface area (Å²) in [6.45, 7) is 4.84. The molecule has 0 bridgehead atoms. The molecule has 0 aliphatic carbocycles. The highest BCUT2D eigenvalue weighted by Crippen LogP contribution is 2.07. The number of carbonyl (C=O) groups excluding carboxylic acids is 1. The van der Waals surface area contributed by atoms with E-state index in [0.29, 0.717) is 6.04 Å². The molecule has 1 heterocycles. The van der Waals surface area contributed by atoms with E-state index in [4.69, 9.17) is 0 Å². The number of hydrogen-bond acceptors (Lipinski definition) is 2. The molecule has 0 aromatic heterocycles. The van der Waals surface area contributed by atoms with Gasteiger partial charge in [0.05, 0.1) is 0 Å². The second-order valence-electron chi connectivity index (χ2n) is 3.36. The molecule has 1 aliphatic heterocycles. The van der Waals surface area contributed by atoms with Crippen LogP contribution in [0.5, 0.6) is 0 Å². The lowest BCUT2D eigenvalue weighted by Gasteiger charge is -2.37. The van der Waals surface area contributed by atoms with Gasteiger partial charge in [-0.3, -0.25) is 0 Å². The molecule has 1 unspecified atom stereocenters. The normalized spacial score (nSPS) is 25.6. The van der Waals surface area contributed by atoms with E-state index in [-0.39, 0.29) is 6.03 Å². The molecule has 0 radical (unpaired) electrons. The molecular formula is C8H17N3O. The fraction of sp³-hybridized carbons (Fsp3) is 0.875. The van der Waals surface area contributed by atoms with E-state index in [9.17, 15) is 4.79 Å². The summed E-state index contributed by atoms with van der Waals surface area (Å²) >= 11 is 0. The van der Waals surface area contributed by atoms with Gasteiger partial charge in [-0.25, -0.2) is 4.79 Å². The Kier molecular flexibility index (Phi) is 2.92. The van der Waals surface area contributed by atoms with Crippen molar-refractivity contribution in [2.75, 3.05) is 33.7 Å². The summed E-state index contributed by atoms with van der Waals surface area (Å²) < 4.78 is 0. The quantitative estimate of drug-likeness (QED) is 0.555. The van der Waals surface area contributed by atoms with E-state index in [0.717, 1.165) is 19.6 Å². The van der Waals surface area contributed by atoms with Gasteiger partial charge in [0.25, 0.3) is 0 Å². The third-order valence-electron chi connectivity index (χ3n) is 2.31. The fourth-order valence-corrected chi connectivity index (χ4v) is 1.59. The van der Waals surface area contributed by atoms with Crippen LogP contribution in [0.2, 0.25) is 0 Å². The number of hydrogen-bond donors (Lipinski definition) is 1. The number of amides is 2. The maximum atomic E-state index is 11.3. The van der Waals surface area contributed by atoms with Crippen molar-refractivity contribution in [2.24, 2.45) is 0 Å². The van der Waals surface area contributed by atoms with Crippen molar-refractivity contribution < 1.29 is 4.79 Å². The second-order valence-corrected chi connectivity index (χ2v) is 3.36. The summed E-state index contributed by atoms with van der Waals surface area (Å²) in [5, 5.41) is 2.65. The van der Waals surface area contributed by atoms with Gasteiger partial charge >= 0.3 is 6.03 Å². The molecule has 1 aliphatic rings. The van der Waals surface area contributed by atoms with Gasteiger partial charge in [-0.1, -0.05) is 0 Å². The van der Waals surface area contributed by atoms with Crippen LogP contribution >= 0.6 is 0 Å².